The molecule has 0 spiro atoms. The van der Waals surface area contributed by atoms with E-state index < -0.39 is 0 Å². The maximum atomic E-state index is 13.1. The van der Waals surface area contributed by atoms with Crippen LogP contribution in [0.2, 0.25) is 0 Å². The zero-order valence-corrected chi connectivity index (χ0v) is 56.0. The Hall–Kier alpha value is -6.66. The van der Waals surface area contributed by atoms with Gasteiger partial charge < -0.3 is 0 Å². The Morgan fingerprint density at radius 2 is 0.500 bits per heavy atom. The normalized spacial score (nSPS) is 10.4. The zero-order chi connectivity index (χ0) is 64.8. The largest absolute Gasteiger partial charge is 0.207 e. The van der Waals surface area contributed by atoms with Crippen LogP contribution in [0.5, 0.6) is 0 Å². The van der Waals surface area contributed by atoms with Crippen molar-refractivity contribution in [3.8, 4) is 0 Å². The molecule has 0 atom stereocenters. The van der Waals surface area contributed by atoms with Gasteiger partial charge in [0.15, 0.2) is 0 Å². The lowest BCUT2D eigenvalue weighted by atomic mass is 10.0. The van der Waals surface area contributed by atoms with Gasteiger partial charge in [-0.1, -0.05) is 262 Å². The summed E-state index contributed by atoms with van der Waals surface area (Å²) in [5, 5.41) is 0. The highest BCUT2D eigenvalue weighted by molar-refractivity contribution is 5.30. The monoisotopic (exact) mass is 1180 g/mol. The van der Waals surface area contributed by atoms with Crippen LogP contribution in [0.1, 0.15) is 249 Å². The standard InChI is InChI=1S/5C10H13F.2C10H14.C9H11F.CH4/c1-7(2)9-5-4-8(3)10(11)6-9;1-7(2)9-6-8(3)4-5-10(9)11;3*1-7(2)9-5-4-8(3)6-10(9)11;2*1-8(2)10-6-4-5-9(3)7-10;1-7(2)8-5-3-4-6-9(8)10;/h5*4-7H,1-3H3;2*4-8H,1-3H3;3-7H,1-2H3;1H4. The first-order valence-electron chi connectivity index (χ1n) is 30.3. The van der Waals surface area contributed by atoms with Gasteiger partial charge >= 0.3 is 0 Å². The first-order valence-corrected chi connectivity index (χ1v) is 30.3. The van der Waals surface area contributed by atoms with Gasteiger partial charge in [0.05, 0.1) is 0 Å². The maximum absolute atomic E-state index is 13.1. The van der Waals surface area contributed by atoms with Crippen molar-refractivity contribution in [2.45, 2.75) is 214 Å². The lowest BCUT2D eigenvalue weighted by Gasteiger charge is -2.06. The van der Waals surface area contributed by atoms with Crippen molar-refractivity contribution < 1.29 is 26.3 Å². The Bertz CT molecular complexity index is 2990. The van der Waals surface area contributed by atoms with Crippen molar-refractivity contribution in [2.75, 3.05) is 0 Å². The Labute approximate surface area is 520 Å². The van der Waals surface area contributed by atoms with Crippen molar-refractivity contribution in [3.05, 3.63) is 282 Å². The van der Waals surface area contributed by atoms with E-state index in [1.807, 2.05) is 164 Å². The molecule has 470 valence electrons. The third-order valence-electron chi connectivity index (χ3n) is 13.9. The van der Waals surface area contributed by atoms with Gasteiger partial charge in [0.25, 0.3) is 0 Å². The van der Waals surface area contributed by atoms with Crippen LogP contribution in [0.15, 0.2) is 164 Å². The third kappa shape index (κ3) is 30.6. The van der Waals surface area contributed by atoms with Gasteiger partial charge in [-0.25, -0.2) is 26.3 Å². The van der Waals surface area contributed by atoms with E-state index in [2.05, 4.69) is 104 Å². The van der Waals surface area contributed by atoms with Crippen molar-refractivity contribution in [2.24, 2.45) is 0 Å². The van der Waals surface area contributed by atoms with E-state index in [0.717, 1.165) is 61.2 Å². The van der Waals surface area contributed by atoms with Gasteiger partial charge in [0, 0.05) is 0 Å². The Morgan fingerprint density at radius 1 is 0.209 bits per heavy atom. The molecule has 0 fully saturated rings. The van der Waals surface area contributed by atoms with E-state index in [4.69, 9.17) is 0 Å². The summed E-state index contributed by atoms with van der Waals surface area (Å²) in [4.78, 5) is 0. The lowest BCUT2D eigenvalue weighted by Crippen LogP contribution is -1.92. The van der Waals surface area contributed by atoms with Crippen LogP contribution >= 0.6 is 0 Å². The summed E-state index contributed by atoms with van der Waals surface area (Å²) in [6.07, 6.45) is 0. The first kappa shape index (κ1) is 79.3. The summed E-state index contributed by atoms with van der Waals surface area (Å²) in [5.41, 5.74) is 15.4. The molecule has 6 heteroatoms. The molecule has 0 aliphatic heterocycles. The first-order chi connectivity index (χ1) is 39.7. The van der Waals surface area contributed by atoms with Gasteiger partial charge in [0.2, 0.25) is 0 Å². The summed E-state index contributed by atoms with van der Waals surface area (Å²) in [6.45, 7) is 46.6. The van der Waals surface area contributed by atoms with Crippen LogP contribution < -0.4 is 0 Å². The topological polar surface area (TPSA) is 0 Å². The molecule has 0 saturated heterocycles. The number of halogens is 6. The van der Waals surface area contributed by atoms with E-state index in [0.29, 0.717) is 17.8 Å². The molecule has 0 bridgehead atoms. The molecule has 8 aromatic rings. The van der Waals surface area contributed by atoms with Crippen LogP contribution in [-0.4, -0.2) is 0 Å². The second-order valence-electron chi connectivity index (χ2n) is 24.7. The number of aryl methyl sites for hydroxylation is 7. The molecular formula is C80H108F6. The van der Waals surface area contributed by atoms with Gasteiger partial charge in [-0.2, -0.15) is 0 Å². The van der Waals surface area contributed by atoms with Crippen molar-refractivity contribution in [1.29, 1.82) is 0 Å². The molecule has 8 rings (SSSR count). The molecular weight excluding hydrogens is 1070 g/mol. The van der Waals surface area contributed by atoms with Gasteiger partial charge in [-0.15, -0.1) is 0 Å². The van der Waals surface area contributed by atoms with Crippen molar-refractivity contribution in [1.82, 2.24) is 0 Å². The molecule has 0 aliphatic rings. The SMILES string of the molecule is C.CC(C)c1ccccc1F.Cc1ccc(C(C)C)c(F)c1.Cc1ccc(C(C)C)c(F)c1.Cc1ccc(C(C)C)c(F)c1.Cc1ccc(C(C)C)cc1F.Cc1ccc(F)c(C(C)C)c1.Cc1cccc(C(C)C)c1.Cc1cccc(C(C)C)c1. The van der Waals surface area contributed by atoms with Crippen LogP contribution in [-0.2, 0) is 0 Å². The smallest absolute Gasteiger partial charge is 0.126 e. The maximum Gasteiger partial charge on any atom is 0.126 e. The second kappa shape index (κ2) is 40.7. The fourth-order valence-corrected chi connectivity index (χ4v) is 8.38. The Balaban J connectivity index is 0.000000959. The van der Waals surface area contributed by atoms with Gasteiger partial charge in [0.1, 0.15) is 34.9 Å². The molecule has 0 aliphatic carbocycles. The molecule has 0 amide bonds. The van der Waals surface area contributed by atoms with E-state index in [9.17, 15) is 26.3 Å². The highest BCUT2D eigenvalue weighted by atomic mass is 19.1. The summed E-state index contributed by atoms with van der Waals surface area (Å²) in [7, 11) is 0. The molecule has 0 unspecified atom stereocenters. The summed E-state index contributed by atoms with van der Waals surface area (Å²) >= 11 is 0. The second-order valence-corrected chi connectivity index (χ2v) is 24.7. The summed E-state index contributed by atoms with van der Waals surface area (Å²) in [6, 6.07) is 51.0. The van der Waals surface area contributed by atoms with Gasteiger partial charge in [-0.05, 0) is 199 Å². The highest BCUT2D eigenvalue weighted by Crippen LogP contribution is 2.24. The minimum Gasteiger partial charge on any atom is -0.207 e. The predicted octanol–water partition coefficient (Wildman–Crippen LogP) is 26.1. The van der Waals surface area contributed by atoms with Crippen molar-refractivity contribution in [3.63, 3.8) is 0 Å². The van der Waals surface area contributed by atoms with Crippen molar-refractivity contribution >= 4 is 0 Å². The minimum atomic E-state index is -0.101. The fourth-order valence-electron chi connectivity index (χ4n) is 8.38. The fraction of sp³-hybridized carbons (Fsp3) is 0.400. The molecule has 0 heterocycles. The Kier molecular flexibility index (Phi) is 37.5. The molecule has 86 heavy (non-hydrogen) atoms. The van der Waals surface area contributed by atoms with E-state index in [1.54, 1.807) is 43.3 Å². The molecule has 0 nitrogen and oxygen atoms in total. The van der Waals surface area contributed by atoms with E-state index in [-0.39, 0.29) is 71.9 Å². The highest BCUT2D eigenvalue weighted by Gasteiger charge is 2.09. The van der Waals surface area contributed by atoms with Crippen LogP contribution in [0.4, 0.5) is 26.3 Å². The number of rotatable bonds is 8. The average Bonchev–Trinajstić information content (AvgIpc) is 3.57. The average molecular weight is 1180 g/mol. The molecule has 0 N–H and O–H groups in total. The lowest BCUT2D eigenvalue weighted by molar-refractivity contribution is 0.596. The summed E-state index contributed by atoms with van der Waals surface area (Å²) < 4.78 is 78.1. The number of benzene rings is 8. The minimum absolute atomic E-state index is 0. The molecule has 8 aromatic carbocycles. The van der Waals surface area contributed by atoms with E-state index in [1.165, 1.54) is 34.4 Å². The van der Waals surface area contributed by atoms with Crippen LogP contribution in [0, 0.1) is 83.4 Å². The van der Waals surface area contributed by atoms with E-state index >= 15 is 0 Å². The molecule has 0 aromatic heterocycles. The predicted molar refractivity (Wildman–Crippen MR) is 364 cm³/mol. The molecule has 0 radical (unpaired) electrons. The summed E-state index contributed by atoms with van der Waals surface area (Å²) in [5.74, 6) is 2.54. The quantitative estimate of drug-likeness (QED) is 0.133. The zero-order valence-electron chi connectivity index (χ0n) is 56.0. The number of hydrogen-bond acceptors (Lipinski definition) is 0. The van der Waals surface area contributed by atoms with Crippen LogP contribution in [0.25, 0.3) is 0 Å². The number of hydrogen-bond donors (Lipinski definition) is 0. The molecule has 0 saturated carbocycles. The third-order valence-corrected chi connectivity index (χ3v) is 13.9. The van der Waals surface area contributed by atoms with Crippen LogP contribution in [0.3, 0.4) is 0 Å². The Morgan fingerprint density at radius 3 is 0.767 bits per heavy atom. The van der Waals surface area contributed by atoms with Gasteiger partial charge in [-0.3, -0.25) is 0 Å².